The fraction of sp³-hybridized carbons (Fsp3) is 0. The van der Waals surface area contributed by atoms with E-state index in [1.54, 1.807) is 17.1 Å². The molecular formula is C6H5N4-. The van der Waals surface area contributed by atoms with E-state index in [0.717, 1.165) is 5.69 Å². The van der Waals surface area contributed by atoms with E-state index in [2.05, 4.69) is 21.5 Å². The van der Waals surface area contributed by atoms with Gasteiger partial charge in [0.2, 0.25) is 0 Å². The topological polar surface area (TPSA) is 46.5 Å². The predicted molar refractivity (Wildman–Crippen MR) is 34.5 cm³/mol. The van der Waals surface area contributed by atoms with Gasteiger partial charge in [-0.3, -0.25) is 9.78 Å². The Morgan fingerprint density at radius 3 is 3.20 bits per heavy atom. The molecule has 2 rings (SSSR count). The van der Waals surface area contributed by atoms with Crippen molar-refractivity contribution in [3.63, 3.8) is 0 Å². The Morgan fingerprint density at radius 1 is 1.60 bits per heavy atom. The molecule has 0 saturated heterocycles. The molecule has 10 heavy (non-hydrogen) atoms. The van der Waals surface area contributed by atoms with Crippen molar-refractivity contribution in [3.8, 4) is 5.69 Å². The summed E-state index contributed by atoms with van der Waals surface area (Å²) in [5.41, 5.74) is 0.824. The second-order valence-corrected chi connectivity index (χ2v) is 1.83. The van der Waals surface area contributed by atoms with Crippen LogP contribution in [0.3, 0.4) is 0 Å². The Labute approximate surface area is 57.5 Å². The van der Waals surface area contributed by atoms with Gasteiger partial charge < -0.3 is 5.10 Å². The minimum Gasteiger partial charge on any atom is -0.388 e. The molecular weight excluding hydrogens is 128 g/mol. The minimum absolute atomic E-state index is 0.824. The second-order valence-electron chi connectivity index (χ2n) is 1.83. The normalized spacial score (nSPS) is 10.0. The molecule has 2 aromatic heterocycles. The van der Waals surface area contributed by atoms with Crippen molar-refractivity contribution in [1.82, 2.24) is 20.0 Å². The number of hydrogen-bond acceptors (Lipinski definition) is 2. The summed E-state index contributed by atoms with van der Waals surface area (Å²) in [5, 5.41) is 10.3. The number of rotatable bonds is 1. The first-order valence-corrected chi connectivity index (χ1v) is 2.88. The van der Waals surface area contributed by atoms with Crippen LogP contribution in [0, 0.1) is 6.20 Å². The van der Waals surface area contributed by atoms with Crippen LogP contribution in [0.4, 0.5) is 0 Å². The highest BCUT2D eigenvalue weighted by Crippen LogP contribution is 1.98. The molecule has 0 bridgehead atoms. The molecule has 0 saturated carbocycles. The van der Waals surface area contributed by atoms with Crippen molar-refractivity contribution >= 4 is 0 Å². The van der Waals surface area contributed by atoms with E-state index in [0.29, 0.717) is 0 Å². The first-order valence-electron chi connectivity index (χ1n) is 2.88. The molecule has 2 heterocycles. The van der Waals surface area contributed by atoms with E-state index >= 15 is 0 Å². The molecule has 0 aromatic carbocycles. The van der Waals surface area contributed by atoms with Gasteiger partial charge in [-0.15, -0.1) is 6.20 Å². The highest BCUT2D eigenvalue weighted by atomic mass is 15.3. The van der Waals surface area contributed by atoms with E-state index in [1.165, 1.54) is 0 Å². The van der Waals surface area contributed by atoms with Crippen molar-refractivity contribution < 1.29 is 0 Å². The Kier molecular flexibility index (Phi) is 1.04. The van der Waals surface area contributed by atoms with Crippen LogP contribution in [0.1, 0.15) is 0 Å². The van der Waals surface area contributed by atoms with Gasteiger partial charge >= 0.3 is 0 Å². The lowest BCUT2D eigenvalue weighted by Crippen LogP contribution is -1.90. The quantitative estimate of drug-likeness (QED) is 0.572. The highest BCUT2D eigenvalue weighted by Gasteiger charge is 1.84. The molecule has 4 nitrogen and oxygen atoms in total. The van der Waals surface area contributed by atoms with E-state index < -0.39 is 0 Å². The molecule has 4 heteroatoms. The standard InChI is InChI=1S/C6H5N4/c1-2-9-10(3-1)6-4-7-8-5-6/h1-4H,(H,7,8)/q-1. The Bertz CT molecular complexity index is 249. The highest BCUT2D eigenvalue weighted by molar-refractivity contribution is 5.20. The fourth-order valence-corrected chi connectivity index (χ4v) is 0.743. The molecule has 0 aliphatic carbocycles. The SMILES string of the molecule is [c-]1[nH]ncc1-n1cccn1. The number of hydrogen-bond donors (Lipinski definition) is 1. The third-order valence-electron chi connectivity index (χ3n) is 1.19. The molecule has 2 aromatic rings. The smallest absolute Gasteiger partial charge is 0.0492 e. The van der Waals surface area contributed by atoms with Crippen LogP contribution in [-0.2, 0) is 0 Å². The van der Waals surface area contributed by atoms with Crippen molar-refractivity contribution in [3.05, 3.63) is 30.9 Å². The van der Waals surface area contributed by atoms with Gasteiger partial charge in [-0.25, -0.2) is 0 Å². The lowest BCUT2D eigenvalue weighted by molar-refractivity contribution is 0.880. The average Bonchev–Trinajstić information content (AvgIpc) is 2.59. The summed E-state index contributed by atoms with van der Waals surface area (Å²) in [6.07, 6.45) is 8.01. The maximum absolute atomic E-state index is 3.98. The maximum Gasteiger partial charge on any atom is 0.0492 e. The van der Waals surface area contributed by atoms with Crippen molar-refractivity contribution in [1.29, 1.82) is 0 Å². The van der Waals surface area contributed by atoms with Gasteiger partial charge in [-0.2, -0.15) is 5.10 Å². The van der Waals surface area contributed by atoms with Gasteiger partial charge in [0.05, 0.1) is 0 Å². The molecule has 0 aliphatic rings. The number of aromatic amines is 1. The molecule has 50 valence electrons. The first kappa shape index (κ1) is 5.22. The molecule has 0 atom stereocenters. The zero-order chi connectivity index (χ0) is 6.81. The van der Waals surface area contributed by atoms with E-state index in [-0.39, 0.29) is 0 Å². The van der Waals surface area contributed by atoms with Gasteiger partial charge in [-0.05, 0) is 6.07 Å². The zero-order valence-corrected chi connectivity index (χ0v) is 5.15. The van der Waals surface area contributed by atoms with Gasteiger partial charge in [0.15, 0.2) is 0 Å². The molecule has 0 unspecified atom stereocenters. The maximum atomic E-state index is 3.98. The van der Waals surface area contributed by atoms with Gasteiger partial charge in [0.25, 0.3) is 0 Å². The van der Waals surface area contributed by atoms with Gasteiger partial charge in [0, 0.05) is 12.4 Å². The summed E-state index contributed by atoms with van der Waals surface area (Å²) in [6, 6.07) is 1.85. The molecule has 0 amide bonds. The Morgan fingerprint density at radius 2 is 2.60 bits per heavy atom. The number of nitrogens with zero attached hydrogens (tertiary/aromatic N) is 3. The summed E-state index contributed by atoms with van der Waals surface area (Å²) in [7, 11) is 0. The van der Waals surface area contributed by atoms with Crippen molar-refractivity contribution in [2.75, 3.05) is 0 Å². The summed E-state index contributed by atoms with van der Waals surface area (Å²) in [5.74, 6) is 0. The fourth-order valence-electron chi connectivity index (χ4n) is 0.743. The molecule has 0 fully saturated rings. The lowest BCUT2D eigenvalue weighted by Gasteiger charge is -1.99. The van der Waals surface area contributed by atoms with Crippen LogP contribution in [-0.4, -0.2) is 20.0 Å². The van der Waals surface area contributed by atoms with Crippen molar-refractivity contribution in [2.24, 2.45) is 0 Å². The molecule has 1 N–H and O–H groups in total. The van der Waals surface area contributed by atoms with Crippen LogP contribution < -0.4 is 0 Å². The molecule has 0 aliphatic heterocycles. The number of nitrogens with one attached hydrogen (secondary N) is 1. The summed E-state index contributed by atoms with van der Waals surface area (Å²) >= 11 is 0. The molecule has 0 radical (unpaired) electrons. The zero-order valence-electron chi connectivity index (χ0n) is 5.15. The summed E-state index contributed by atoms with van der Waals surface area (Å²) in [4.78, 5) is 0. The van der Waals surface area contributed by atoms with Gasteiger partial charge in [-0.1, -0.05) is 11.9 Å². The summed E-state index contributed by atoms with van der Waals surface area (Å²) in [6.45, 7) is 0. The predicted octanol–water partition coefficient (Wildman–Crippen LogP) is 0.396. The third kappa shape index (κ3) is 0.699. The van der Waals surface area contributed by atoms with Crippen LogP contribution >= 0.6 is 0 Å². The average molecular weight is 133 g/mol. The van der Waals surface area contributed by atoms with Gasteiger partial charge in [0.1, 0.15) is 0 Å². The van der Waals surface area contributed by atoms with E-state index in [1.807, 2.05) is 12.3 Å². The minimum atomic E-state index is 0.824. The van der Waals surface area contributed by atoms with Crippen LogP contribution in [0.25, 0.3) is 5.69 Å². The number of H-pyrrole nitrogens is 1. The van der Waals surface area contributed by atoms with E-state index in [9.17, 15) is 0 Å². The second kappa shape index (κ2) is 1.98. The van der Waals surface area contributed by atoms with Crippen molar-refractivity contribution in [2.45, 2.75) is 0 Å². The summed E-state index contributed by atoms with van der Waals surface area (Å²) < 4.78 is 1.68. The lowest BCUT2D eigenvalue weighted by atomic mass is 10.6. The van der Waals surface area contributed by atoms with Crippen LogP contribution in [0.15, 0.2) is 24.7 Å². The monoisotopic (exact) mass is 133 g/mol. The third-order valence-corrected chi connectivity index (χ3v) is 1.19. The largest absolute Gasteiger partial charge is 0.388 e. The number of aromatic nitrogens is 4. The van der Waals surface area contributed by atoms with Crippen LogP contribution in [0.2, 0.25) is 0 Å². The van der Waals surface area contributed by atoms with Crippen LogP contribution in [0.5, 0.6) is 0 Å². The first-order chi connectivity index (χ1) is 4.97. The Hall–Kier alpha value is -1.58. The Balaban J connectivity index is 2.48. The molecule has 0 spiro atoms. The van der Waals surface area contributed by atoms with E-state index in [4.69, 9.17) is 0 Å².